The predicted octanol–water partition coefficient (Wildman–Crippen LogP) is 4.24. The van der Waals surface area contributed by atoms with E-state index in [0.717, 1.165) is 0 Å². The molecule has 0 aliphatic heterocycles. The van der Waals surface area contributed by atoms with E-state index in [2.05, 4.69) is 5.32 Å². The minimum Gasteiger partial charge on any atom is -0.333 e. The van der Waals surface area contributed by atoms with Gasteiger partial charge in [-0.05, 0) is 24.3 Å². The van der Waals surface area contributed by atoms with Gasteiger partial charge >= 0.3 is 0 Å². The maximum absolute atomic E-state index is 13.5. The van der Waals surface area contributed by atoms with E-state index >= 15 is 0 Å². The fourth-order valence-electron chi connectivity index (χ4n) is 1.99. The summed E-state index contributed by atoms with van der Waals surface area (Å²) in [7, 11) is 1.46. The van der Waals surface area contributed by atoms with Crippen LogP contribution < -0.4 is 5.32 Å². The van der Waals surface area contributed by atoms with Crippen LogP contribution in [0.4, 0.5) is 10.1 Å². The van der Waals surface area contributed by atoms with Gasteiger partial charge in [0.25, 0.3) is 0 Å². The topological polar surface area (TPSA) is 49.4 Å². The highest BCUT2D eigenvalue weighted by molar-refractivity contribution is 6.39. The molecule has 2 rings (SSSR count). The van der Waals surface area contributed by atoms with Crippen LogP contribution in [-0.4, -0.2) is 30.3 Å². The number of para-hydroxylation sites is 1. The van der Waals surface area contributed by atoms with Gasteiger partial charge in [-0.2, -0.15) is 0 Å². The van der Waals surface area contributed by atoms with E-state index in [4.69, 9.17) is 23.2 Å². The number of nitrogens with zero attached hydrogens (tertiary/aromatic N) is 1. The summed E-state index contributed by atoms with van der Waals surface area (Å²) in [5, 5.41) is 3.17. The van der Waals surface area contributed by atoms with E-state index < -0.39 is 17.6 Å². The highest BCUT2D eigenvalue weighted by Gasteiger charge is 2.14. The first-order valence-electron chi connectivity index (χ1n) is 7.30. The standard InChI is InChI=1S/C18H15Cl2FN2O2/c1-23(17(25)10-9-12-5-2-3-8-15(12)21)11-16(24)22-18-13(19)6-4-7-14(18)20/h2-10H,11H2,1H3,(H,22,24)/b10-9+. The Morgan fingerprint density at radius 1 is 1.12 bits per heavy atom. The molecule has 2 aromatic rings. The maximum atomic E-state index is 13.5. The Hall–Kier alpha value is -2.37. The van der Waals surface area contributed by atoms with Gasteiger partial charge in [-0.15, -0.1) is 0 Å². The molecule has 130 valence electrons. The summed E-state index contributed by atoms with van der Waals surface area (Å²) in [6.07, 6.45) is 2.56. The summed E-state index contributed by atoms with van der Waals surface area (Å²) in [6.45, 7) is -0.206. The minimum absolute atomic E-state index is 0.206. The zero-order valence-corrected chi connectivity index (χ0v) is 14.8. The van der Waals surface area contributed by atoms with Crippen LogP contribution in [0.3, 0.4) is 0 Å². The molecule has 0 spiro atoms. The van der Waals surface area contributed by atoms with Crippen molar-refractivity contribution in [3.8, 4) is 0 Å². The van der Waals surface area contributed by atoms with E-state index in [0.29, 0.717) is 15.7 Å². The molecule has 0 unspecified atom stereocenters. The fraction of sp³-hybridized carbons (Fsp3) is 0.111. The first-order chi connectivity index (χ1) is 11.9. The number of carbonyl (C=O) groups is 2. The number of carbonyl (C=O) groups excluding carboxylic acids is 2. The Bertz CT molecular complexity index is 804. The number of amides is 2. The lowest BCUT2D eigenvalue weighted by molar-refractivity contribution is -0.129. The Morgan fingerprint density at radius 3 is 2.40 bits per heavy atom. The Balaban J connectivity index is 1.97. The highest BCUT2D eigenvalue weighted by Crippen LogP contribution is 2.29. The van der Waals surface area contributed by atoms with Crippen molar-refractivity contribution in [1.82, 2.24) is 4.90 Å². The van der Waals surface area contributed by atoms with Crippen molar-refractivity contribution < 1.29 is 14.0 Å². The van der Waals surface area contributed by atoms with Gasteiger partial charge in [0.1, 0.15) is 5.82 Å². The van der Waals surface area contributed by atoms with Gasteiger partial charge in [0.15, 0.2) is 0 Å². The van der Waals surface area contributed by atoms with Gasteiger partial charge in [0, 0.05) is 18.7 Å². The molecule has 2 amide bonds. The second kappa shape index (κ2) is 8.65. The number of anilines is 1. The molecule has 0 bridgehead atoms. The number of hydrogen-bond donors (Lipinski definition) is 1. The Labute approximate surface area is 154 Å². The highest BCUT2D eigenvalue weighted by atomic mass is 35.5. The SMILES string of the molecule is CN(CC(=O)Nc1c(Cl)cccc1Cl)C(=O)/C=C/c1ccccc1F. The van der Waals surface area contributed by atoms with Crippen molar-refractivity contribution in [2.45, 2.75) is 0 Å². The lowest BCUT2D eigenvalue weighted by Crippen LogP contribution is -2.34. The van der Waals surface area contributed by atoms with Crippen LogP contribution in [0.5, 0.6) is 0 Å². The van der Waals surface area contributed by atoms with Crippen LogP contribution in [-0.2, 0) is 9.59 Å². The molecule has 0 atom stereocenters. The van der Waals surface area contributed by atoms with E-state index in [1.807, 2.05) is 0 Å². The maximum Gasteiger partial charge on any atom is 0.246 e. The quantitative estimate of drug-likeness (QED) is 0.788. The first-order valence-corrected chi connectivity index (χ1v) is 8.05. The zero-order valence-electron chi connectivity index (χ0n) is 13.3. The van der Waals surface area contributed by atoms with Crippen molar-refractivity contribution in [2.24, 2.45) is 0 Å². The van der Waals surface area contributed by atoms with Crippen LogP contribution in [0.25, 0.3) is 6.08 Å². The fourth-order valence-corrected chi connectivity index (χ4v) is 2.48. The summed E-state index contributed by atoms with van der Waals surface area (Å²) >= 11 is 12.0. The van der Waals surface area contributed by atoms with E-state index in [-0.39, 0.29) is 12.1 Å². The van der Waals surface area contributed by atoms with Crippen LogP contribution in [0.1, 0.15) is 5.56 Å². The summed E-state index contributed by atoms with van der Waals surface area (Å²) in [5.41, 5.74) is 0.579. The van der Waals surface area contributed by atoms with Crippen molar-refractivity contribution in [1.29, 1.82) is 0 Å². The Morgan fingerprint density at radius 2 is 1.76 bits per heavy atom. The molecule has 7 heteroatoms. The van der Waals surface area contributed by atoms with Crippen LogP contribution in [0.2, 0.25) is 10.0 Å². The zero-order chi connectivity index (χ0) is 18.4. The molecular weight excluding hydrogens is 366 g/mol. The van der Waals surface area contributed by atoms with Gasteiger partial charge in [-0.1, -0.05) is 47.5 Å². The molecule has 0 saturated carbocycles. The lowest BCUT2D eigenvalue weighted by Gasteiger charge is -2.16. The first kappa shape index (κ1) is 19.0. The smallest absolute Gasteiger partial charge is 0.246 e. The molecule has 0 aromatic heterocycles. The summed E-state index contributed by atoms with van der Waals surface area (Å²) in [4.78, 5) is 25.3. The summed E-state index contributed by atoms with van der Waals surface area (Å²) in [5.74, 6) is -1.32. The van der Waals surface area contributed by atoms with E-state index in [9.17, 15) is 14.0 Å². The molecule has 0 aliphatic rings. The number of benzene rings is 2. The number of halogens is 3. The third-order valence-electron chi connectivity index (χ3n) is 3.29. The number of rotatable bonds is 5. The summed E-state index contributed by atoms with van der Waals surface area (Å²) < 4.78 is 13.5. The largest absolute Gasteiger partial charge is 0.333 e. The van der Waals surface area contributed by atoms with Crippen molar-refractivity contribution >= 4 is 46.8 Å². The molecule has 1 N–H and O–H groups in total. The molecule has 0 aliphatic carbocycles. The average Bonchev–Trinajstić information content (AvgIpc) is 2.57. The van der Waals surface area contributed by atoms with Gasteiger partial charge in [-0.3, -0.25) is 9.59 Å². The molecular formula is C18H15Cl2FN2O2. The van der Waals surface area contributed by atoms with Crippen LogP contribution >= 0.6 is 23.2 Å². The van der Waals surface area contributed by atoms with Crippen molar-refractivity contribution in [3.63, 3.8) is 0 Å². The van der Waals surface area contributed by atoms with Crippen LogP contribution in [0, 0.1) is 5.82 Å². The second-order valence-electron chi connectivity index (χ2n) is 5.19. The molecule has 25 heavy (non-hydrogen) atoms. The molecule has 0 heterocycles. The number of hydrogen-bond acceptors (Lipinski definition) is 2. The molecule has 0 saturated heterocycles. The average molecular weight is 381 g/mol. The third-order valence-corrected chi connectivity index (χ3v) is 3.92. The van der Waals surface area contributed by atoms with Gasteiger partial charge in [0.2, 0.25) is 11.8 Å². The predicted molar refractivity (Wildman–Crippen MR) is 98.2 cm³/mol. The Kier molecular flexibility index (Phi) is 6.56. The van der Waals surface area contributed by atoms with Gasteiger partial charge < -0.3 is 10.2 Å². The molecule has 2 aromatic carbocycles. The lowest BCUT2D eigenvalue weighted by atomic mass is 10.2. The molecule has 4 nitrogen and oxygen atoms in total. The molecule has 0 fully saturated rings. The van der Waals surface area contributed by atoms with Gasteiger partial charge in [0.05, 0.1) is 22.3 Å². The minimum atomic E-state index is -0.454. The van der Waals surface area contributed by atoms with E-state index in [1.165, 1.54) is 30.2 Å². The van der Waals surface area contributed by atoms with E-state index in [1.54, 1.807) is 36.4 Å². The van der Waals surface area contributed by atoms with Crippen molar-refractivity contribution in [2.75, 3.05) is 18.9 Å². The number of nitrogens with one attached hydrogen (secondary N) is 1. The molecule has 0 radical (unpaired) electrons. The normalized spacial score (nSPS) is 10.7. The third kappa shape index (κ3) is 5.31. The monoisotopic (exact) mass is 380 g/mol. The van der Waals surface area contributed by atoms with Crippen LogP contribution in [0.15, 0.2) is 48.5 Å². The van der Waals surface area contributed by atoms with Gasteiger partial charge in [-0.25, -0.2) is 4.39 Å². The summed E-state index contributed by atoms with van der Waals surface area (Å²) in [6, 6.07) is 10.9. The number of likely N-dealkylation sites (N-methyl/N-ethyl adjacent to an activating group) is 1. The van der Waals surface area contributed by atoms with Crippen molar-refractivity contribution in [3.05, 3.63) is 70.0 Å². The second-order valence-corrected chi connectivity index (χ2v) is 6.01.